The van der Waals surface area contributed by atoms with Crippen LogP contribution in [0.15, 0.2) is 36.4 Å². The van der Waals surface area contributed by atoms with E-state index in [2.05, 4.69) is 0 Å². The summed E-state index contributed by atoms with van der Waals surface area (Å²) in [5, 5.41) is 11.0. The van der Waals surface area contributed by atoms with Crippen molar-refractivity contribution in [3.8, 4) is 5.75 Å². The Bertz CT molecular complexity index is 603. The van der Waals surface area contributed by atoms with E-state index in [0.29, 0.717) is 11.1 Å². The Balaban J connectivity index is 2.54. The van der Waals surface area contributed by atoms with E-state index in [-0.39, 0.29) is 5.56 Å². The van der Waals surface area contributed by atoms with Crippen LogP contribution in [0.4, 0.5) is 13.2 Å². The molecule has 0 saturated heterocycles. The van der Waals surface area contributed by atoms with Gasteiger partial charge in [-0.25, -0.2) is 0 Å². The zero-order valence-corrected chi connectivity index (χ0v) is 10.5. The molecule has 0 aliphatic rings. The molecule has 0 radical (unpaired) electrons. The van der Waals surface area contributed by atoms with Crippen molar-refractivity contribution >= 4 is 10.8 Å². The standard InChI is InChI=1S/C14H13F3O2/c1-13(18,14(15,16)17)11-5-3-10-8-12(19-2)6-4-9(10)7-11/h3-8,18H,1-2H3. The van der Waals surface area contributed by atoms with Crippen molar-refractivity contribution in [3.63, 3.8) is 0 Å². The number of ether oxygens (including phenoxy) is 1. The molecule has 0 aliphatic heterocycles. The van der Waals surface area contributed by atoms with Gasteiger partial charge >= 0.3 is 6.18 Å². The second kappa shape index (κ2) is 4.42. The average molecular weight is 270 g/mol. The Morgan fingerprint density at radius 3 is 2.16 bits per heavy atom. The number of alkyl halides is 3. The average Bonchev–Trinajstić information content (AvgIpc) is 2.36. The molecule has 0 heterocycles. The van der Waals surface area contributed by atoms with Crippen molar-refractivity contribution in [2.75, 3.05) is 7.11 Å². The largest absolute Gasteiger partial charge is 0.497 e. The normalized spacial score (nSPS) is 15.3. The van der Waals surface area contributed by atoms with Crippen LogP contribution in [0, 0.1) is 0 Å². The summed E-state index contributed by atoms with van der Waals surface area (Å²) in [4.78, 5) is 0. The molecule has 2 aromatic carbocycles. The Hall–Kier alpha value is -1.75. The highest BCUT2D eigenvalue weighted by atomic mass is 19.4. The first-order chi connectivity index (χ1) is 8.75. The van der Waals surface area contributed by atoms with E-state index in [0.717, 1.165) is 12.3 Å². The quantitative estimate of drug-likeness (QED) is 0.903. The molecule has 2 rings (SSSR count). The third-order valence-electron chi connectivity index (χ3n) is 3.16. The van der Waals surface area contributed by atoms with Gasteiger partial charge in [0.2, 0.25) is 0 Å². The number of rotatable bonds is 2. The van der Waals surface area contributed by atoms with E-state index >= 15 is 0 Å². The van der Waals surface area contributed by atoms with Crippen LogP contribution in [0.25, 0.3) is 10.8 Å². The first kappa shape index (κ1) is 13.7. The number of hydrogen-bond acceptors (Lipinski definition) is 2. The molecule has 0 amide bonds. The predicted octanol–water partition coefficient (Wildman–Crippen LogP) is 3.62. The van der Waals surface area contributed by atoms with Crippen molar-refractivity contribution < 1.29 is 23.0 Å². The van der Waals surface area contributed by atoms with Crippen LogP contribution >= 0.6 is 0 Å². The summed E-state index contributed by atoms with van der Waals surface area (Å²) in [7, 11) is 1.52. The molecule has 0 bridgehead atoms. The minimum absolute atomic E-state index is 0.183. The van der Waals surface area contributed by atoms with Gasteiger partial charge in [0.15, 0.2) is 5.60 Å². The number of methoxy groups -OCH3 is 1. The monoisotopic (exact) mass is 270 g/mol. The van der Waals surface area contributed by atoms with E-state index in [1.54, 1.807) is 18.2 Å². The van der Waals surface area contributed by atoms with Crippen molar-refractivity contribution in [2.45, 2.75) is 18.7 Å². The van der Waals surface area contributed by atoms with Gasteiger partial charge < -0.3 is 9.84 Å². The maximum absolute atomic E-state index is 12.8. The Kier molecular flexibility index (Phi) is 3.18. The molecule has 19 heavy (non-hydrogen) atoms. The van der Waals surface area contributed by atoms with Gasteiger partial charge in [-0.05, 0) is 41.5 Å². The second-order valence-electron chi connectivity index (χ2n) is 4.50. The van der Waals surface area contributed by atoms with E-state index in [1.807, 2.05) is 0 Å². The smallest absolute Gasteiger partial charge is 0.421 e. The summed E-state index contributed by atoms with van der Waals surface area (Å²) >= 11 is 0. The molecule has 0 saturated carbocycles. The van der Waals surface area contributed by atoms with Gasteiger partial charge in [-0.1, -0.05) is 18.2 Å². The maximum atomic E-state index is 12.8. The highest BCUT2D eigenvalue weighted by molar-refractivity contribution is 5.84. The van der Waals surface area contributed by atoms with Crippen molar-refractivity contribution in [3.05, 3.63) is 42.0 Å². The fourth-order valence-electron chi connectivity index (χ4n) is 1.82. The molecule has 5 heteroatoms. The number of hydrogen-bond donors (Lipinski definition) is 1. The number of benzene rings is 2. The summed E-state index contributed by atoms with van der Waals surface area (Å²) in [5.74, 6) is 0.628. The molecule has 1 N–H and O–H groups in total. The Labute approximate surface area is 108 Å². The first-order valence-corrected chi connectivity index (χ1v) is 5.63. The zero-order valence-electron chi connectivity index (χ0n) is 10.5. The SMILES string of the molecule is COc1ccc2cc(C(C)(O)C(F)(F)F)ccc2c1. The van der Waals surface area contributed by atoms with E-state index in [4.69, 9.17) is 4.74 Å². The van der Waals surface area contributed by atoms with Crippen LogP contribution in [0.1, 0.15) is 12.5 Å². The number of fused-ring (bicyclic) bond motifs is 1. The van der Waals surface area contributed by atoms with Crippen LogP contribution in [0.2, 0.25) is 0 Å². The van der Waals surface area contributed by atoms with E-state index in [9.17, 15) is 18.3 Å². The zero-order chi connectivity index (χ0) is 14.3. The molecule has 1 unspecified atom stereocenters. The Morgan fingerprint density at radius 2 is 1.58 bits per heavy atom. The lowest BCUT2D eigenvalue weighted by molar-refractivity contribution is -0.258. The molecule has 2 nitrogen and oxygen atoms in total. The fraction of sp³-hybridized carbons (Fsp3) is 0.286. The molecular weight excluding hydrogens is 257 g/mol. The van der Waals surface area contributed by atoms with Crippen LogP contribution < -0.4 is 4.74 Å². The lowest BCUT2D eigenvalue weighted by Crippen LogP contribution is -2.39. The minimum atomic E-state index is -4.72. The molecule has 0 spiro atoms. The molecule has 0 aromatic heterocycles. The topological polar surface area (TPSA) is 29.5 Å². The van der Waals surface area contributed by atoms with Gasteiger partial charge in [0.25, 0.3) is 0 Å². The van der Waals surface area contributed by atoms with E-state index in [1.165, 1.54) is 25.3 Å². The highest BCUT2D eigenvalue weighted by Gasteiger charge is 2.51. The predicted molar refractivity (Wildman–Crippen MR) is 66.1 cm³/mol. The van der Waals surface area contributed by atoms with Crippen molar-refractivity contribution in [1.82, 2.24) is 0 Å². The van der Waals surface area contributed by atoms with Gasteiger partial charge in [0.1, 0.15) is 5.75 Å². The molecule has 102 valence electrons. The van der Waals surface area contributed by atoms with Gasteiger partial charge in [-0.3, -0.25) is 0 Å². The number of aliphatic hydroxyl groups is 1. The lowest BCUT2D eigenvalue weighted by atomic mass is 9.93. The summed E-state index contributed by atoms with van der Waals surface area (Å²) in [6.45, 7) is 0.748. The third-order valence-corrected chi connectivity index (χ3v) is 3.16. The fourth-order valence-corrected chi connectivity index (χ4v) is 1.82. The van der Waals surface area contributed by atoms with Crippen LogP contribution in [0.5, 0.6) is 5.75 Å². The van der Waals surface area contributed by atoms with Gasteiger partial charge in [0, 0.05) is 0 Å². The van der Waals surface area contributed by atoms with Gasteiger partial charge in [-0.2, -0.15) is 13.2 Å². The molecular formula is C14H13F3O2. The third kappa shape index (κ3) is 2.38. The second-order valence-corrected chi connectivity index (χ2v) is 4.50. The Morgan fingerprint density at radius 1 is 1.00 bits per heavy atom. The van der Waals surface area contributed by atoms with Gasteiger partial charge in [-0.15, -0.1) is 0 Å². The number of halogens is 3. The minimum Gasteiger partial charge on any atom is -0.497 e. The summed E-state index contributed by atoms with van der Waals surface area (Å²) < 4.78 is 43.3. The lowest BCUT2D eigenvalue weighted by Gasteiger charge is -2.26. The maximum Gasteiger partial charge on any atom is 0.421 e. The summed E-state index contributed by atoms with van der Waals surface area (Å²) in [6, 6.07) is 9.19. The summed E-state index contributed by atoms with van der Waals surface area (Å²) in [6.07, 6.45) is -4.72. The van der Waals surface area contributed by atoms with Crippen LogP contribution in [-0.2, 0) is 5.60 Å². The molecule has 2 aromatic rings. The first-order valence-electron chi connectivity index (χ1n) is 5.63. The van der Waals surface area contributed by atoms with Crippen molar-refractivity contribution in [2.24, 2.45) is 0 Å². The molecule has 0 fully saturated rings. The van der Waals surface area contributed by atoms with Gasteiger partial charge in [0.05, 0.1) is 7.11 Å². The van der Waals surface area contributed by atoms with Crippen molar-refractivity contribution in [1.29, 1.82) is 0 Å². The highest BCUT2D eigenvalue weighted by Crippen LogP contribution is 2.39. The summed E-state index contributed by atoms with van der Waals surface area (Å²) in [5.41, 5.74) is -3.04. The van der Waals surface area contributed by atoms with E-state index < -0.39 is 11.8 Å². The van der Waals surface area contributed by atoms with Crippen LogP contribution in [-0.4, -0.2) is 18.4 Å². The molecule has 0 aliphatic carbocycles. The molecule has 1 atom stereocenters. The van der Waals surface area contributed by atoms with Crippen LogP contribution in [0.3, 0.4) is 0 Å².